The second kappa shape index (κ2) is 4.60. The molecule has 1 aliphatic carbocycles. The molecular weight excluding hydrogens is 178 g/mol. The molecule has 3 unspecified atom stereocenters. The lowest BCUT2D eigenvalue weighted by Gasteiger charge is -2.30. The topological polar surface area (TPSA) is 32.7 Å². The Balaban J connectivity index is 1.94. The molecule has 1 aliphatic heterocycles. The maximum absolute atomic E-state index is 9.84. The molecule has 82 valence electrons. The van der Waals surface area contributed by atoms with Gasteiger partial charge in [0.1, 0.15) is 0 Å². The van der Waals surface area contributed by atoms with Gasteiger partial charge >= 0.3 is 0 Å². The summed E-state index contributed by atoms with van der Waals surface area (Å²) in [7, 11) is 0. The molecule has 2 fully saturated rings. The second-order valence-corrected chi connectivity index (χ2v) is 4.60. The number of hydrogen-bond donors (Lipinski definition) is 1. The van der Waals surface area contributed by atoms with Crippen LogP contribution in [0.15, 0.2) is 0 Å². The highest BCUT2D eigenvalue weighted by Crippen LogP contribution is 2.25. The smallest absolute Gasteiger partial charge is 0.0695 e. The van der Waals surface area contributed by atoms with E-state index in [1.54, 1.807) is 0 Å². The highest BCUT2D eigenvalue weighted by molar-refractivity contribution is 4.86. The van der Waals surface area contributed by atoms with Crippen molar-refractivity contribution < 1.29 is 9.84 Å². The van der Waals surface area contributed by atoms with Gasteiger partial charge in [0.15, 0.2) is 0 Å². The first-order valence-electron chi connectivity index (χ1n) is 5.81. The Morgan fingerprint density at radius 3 is 2.86 bits per heavy atom. The van der Waals surface area contributed by atoms with E-state index in [-0.39, 0.29) is 6.10 Å². The van der Waals surface area contributed by atoms with Gasteiger partial charge in [-0.05, 0) is 32.6 Å². The van der Waals surface area contributed by atoms with Crippen LogP contribution >= 0.6 is 0 Å². The Labute approximate surface area is 86.0 Å². The summed E-state index contributed by atoms with van der Waals surface area (Å²) >= 11 is 0. The van der Waals surface area contributed by atoms with E-state index in [9.17, 15) is 5.11 Å². The molecule has 0 bridgehead atoms. The lowest BCUT2D eigenvalue weighted by atomic mass is 10.1. The monoisotopic (exact) mass is 199 g/mol. The molecular formula is C11H21NO2. The molecule has 0 radical (unpaired) electrons. The van der Waals surface area contributed by atoms with E-state index in [1.807, 2.05) is 0 Å². The highest BCUT2D eigenvalue weighted by atomic mass is 16.5. The second-order valence-electron chi connectivity index (χ2n) is 4.60. The number of ether oxygens (including phenoxy) is 1. The fourth-order valence-electron chi connectivity index (χ4n) is 2.67. The largest absolute Gasteiger partial charge is 0.391 e. The van der Waals surface area contributed by atoms with Gasteiger partial charge in [-0.25, -0.2) is 0 Å². The number of aliphatic hydroxyl groups excluding tert-OH is 1. The zero-order valence-electron chi connectivity index (χ0n) is 8.98. The first-order valence-corrected chi connectivity index (χ1v) is 5.81. The average Bonchev–Trinajstić information content (AvgIpc) is 2.45. The minimum atomic E-state index is -0.0969. The van der Waals surface area contributed by atoms with E-state index >= 15 is 0 Å². The first-order chi connectivity index (χ1) is 6.77. The van der Waals surface area contributed by atoms with Crippen LogP contribution in [0.4, 0.5) is 0 Å². The lowest BCUT2D eigenvalue weighted by Crippen LogP contribution is -2.43. The minimum Gasteiger partial charge on any atom is -0.391 e. The van der Waals surface area contributed by atoms with Crippen molar-refractivity contribution in [2.75, 3.05) is 19.7 Å². The molecule has 1 saturated heterocycles. The van der Waals surface area contributed by atoms with Gasteiger partial charge in [0, 0.05) is 25.7 Å². The SMILES string of the molecule is CC1CN(C2CCCC2O)CCCO1. The molecule has 3 nitrogen and oxygen atoms in total. The summed E-state index contributed by atoms with van der Waals surface area (Å²) in [6, 6.07) is 0.402. The van der Waals surface area contributed by atoms with Crippen molar-refractivity contribution in [3.8, 4) is 0 Å². The molecule has 2 aliphatic rings. The summed E-state index contributed by atoms with van der Waals surface area (Å²) < 4.78 is 5.60. The maximum atomic E-state index is 9.84. The summed E-state index contributed by atoms with van der Waals surface area (Å²) in [5.41, 5.74) is 0. The minimum absolute atomic E-state index is 0.0969. The Morgan fingerprint density at radius 2 is 2.14 bits per heavy atom. The maximum Gasteiger partial charge on any atom is 0.0695 e. The summed E-state index contributed by atoms with van der Waals surface area (Å²) in [4.78, 5) is 2.43. The standard InChI is InChI=1S/C11H21NO2/c1-9-8-12(6-3-7-14-9)10-4-2-5-11(10)13/h9-11,13H,2-8H2,1H3. The van der Waals surface area contributed by atoms with Gasteiger partial charge in [0.25, 0.3) is 0 Å². The van der Waals surface area contributed by atoms with Crippen LogP contribution < -0.4 is 0 Å². The first kappa shape index (κ1) is 10.4. The molecule has 3 atom stereocenters. The predicted molar refractivity (Wildman–Crippen MR) is 55.2 cm³/mol. The van der Waals surface area contributed by atoms with E-state index in [0.29, 0.717) is 12.1 Å². The van der Waals surface area contributed by atoms with Gasteiger partial charge in [-0.2, -0.15) is 0 Å². The third kappa shape index (κ3) is 2.27. The third-order valence-corrected chi connectivity index (χ3v) is 3.40. The van der Waals surface area contributed by atoms with Crippen LogP contribution in [-0.2, 0) is 4.74 Å². The van der Waals surface area contributed by atoms with E-state index < -0.39 is 0 Å². The summed E-state index contributed by atoms with van der Waals surface area (Å²) in [5, 5.41) is 9.84. The summed E-state index contributed by atoms with van der Waals surface area (Å²) in [6.07, 6.45) is 4.65. The predicted octanol–water partition coefficient (Wildman–Crippen LogP) is 1.01. The Kier molecular flexibility index (Phi) is 3.42. The van der Waals surface area contributed by atoms with Crippen LogP contribution in [0.25, 0.3) is 0 Å². The Bertz CT molecular complexity index is 186. The van der Waals surface area contributed by atoms with Crippen molar-refractivity contribution in [3.63, 3.8) is 0 Å². The van der Waals surface area contributed by atoms with Crippen LogP contribution in [0.1, 0.15) is 32.6 Å². The normalized spacial score (nSPS) is 41.1. The van der Waals surface area contributed by atoms with Crippen molar-refractivity contribution in [3.05, 3.63) is 0 Å². The van der Waals surface area contributed by atoms with E-state index in [2.05, 4.69) is 11.8 Å². The molecule has 0 spiro atoms. The molecule has 1 N–H and O–H groups in total. The van der Waals surface area contributed by atoms with Crippen molar-refractivity contribution >= 4 is 0 Å². The van der Waals surface area contributed by atoms with Crippen molar-refractivity contribution in [2.24, 2.45) is 0 Å². The number of aliphatic hydroxyl groups is 1. The van der Waals surface area contributed by atoms with Crippen molar-refractivity contribution in [1.82, 2.24) is 4.90 Å². The lowest BCUT2D eigenvalue weighted by molar-refractivity contribution is 0.0369. The van der Waals surface area contributed by atoms with E-state index in [4.69, 9.17) is 4.74 Å². The Hall–Kier alpha value is -0.120. The van der Waals surface area contributed by atoms with Crippen LogP contribution in [0.5, 0.6) is 0 Å². The molecule has 3 heteroatoms. The number of nitrogens with zero attached hydrogens (tertiary/aromatic N) is 1. The average molecular weight is 199 g/mol. The van der Waals surface area contributed by atoms with Crippen LogP contribution in [0.2, 0.25) is 0 Å². The number of rotatable bonds is 1. The molecule has 14 heavy (non-hydrogen) atoms. The molecule has 1 saturated carbocycles. The highest BCUT2D eigenvalue weighted by Gasteiger charge is 2.31. The summed E-state index contributed by atoms with van der Waals surface area (Å²) in [6.45, 7) is 5.08. The van der Waals surface area contributed by atoms with E-state index in [1.165, 1.54) is 6.42 Å². The quantitative estimate of drug-likeness (QED) is 0.684. The molecule has 0 amide bonds. The third-order valence-electron chi connectivity index (χ3n) is 3.40. The molecule has 0 aromatic heterocycles. The van der Waals surface area contributed by atoms with Crippen LogP contribution in [-0.4, -0.2) is 48.0 Å². The molecule has 0 aromatic carbocycles. The number of hydrogen-bond acceptors (Lipinski definition) is 3. The fraction of sp³-hybridized carbons (Fsp3) is 1.00. The molecule has 1 heterocycles. The Morgan fingerprint density at radius 1 is 1.29 bits per heavy atom. The van der Waals surface area contributed by atoms with Crippen LogP contribution in [0, 0.1) is 0 Å². The van der Waals surface area contributed by atoms with Gasteiger partial charge in [-0.15, -0.1) is 0 Å². The summed E-state index contributed by atoms with van der Waals surface area (Å²) in [5.74, 6) is 0. The van der Waals surface area contributed by atoms with Crippen molar-refractivity contribution in [2.45, 2.75) is 50.9 Å². The zero-order chi connectivity index (χ0) is 9.97. The van der Waals surface area contributed by atoms with Gasteiger partial charge in [-0.3, -0.25) is 4.90 Å². The van der Waals surface area contributed by atoms with Gasteiger partial charge in [0.05, 0.1) is 12.2 Å². The van der Waals surface area contributed by atoms with Crippen molar-refractivity contribution in [1.29, 1.82) is 0 Å². The van der Waals surface area contributed by atoms with E-state index in [0.717, 1.165) is 39.0 Å². The fourth-order valence-corrected chi connectivity index (χ4v) is 2.67. The van der Waals surface area contributed by atoms with Gasteiger partial charge in [-0.1, -0.05) is 0 Å². The van der Waals surface area contributed by atoms with Gasteiger partial charge in [0.2, 0.25) is 0 Å². The van der Waals surface area contributed by atoms with Crippen LogP contribution in [0.3, 0.4) is 0 Å². The molecule has 0 aromatic rings. The van der Waals surface area contributed by atoms with Gasteiger partial charge < -0.3 is 9.84 Å². The zero-order valence-corrected chi connectivity index (χ0v) is 8.98. The molecule has 2 rings (SSSR count).